The van der Waals surface area contributed by atoms with Crippen LogP contribution in [0.1, 0.15) is 10.6 Å². The van der Waals surface area contributed by atoms with Crippen molar-refractivity contribution in [3.8, 4) is 0 Å². The van der Waals surface area contributed by atoms with E-state index in [1.807, 2.05) is 0 Å². The number of hydrazine groups is 1. The van der Waals surface area contributed by atoms with Crippen LogP contribution >= 0.6 is 0 Å². The van der Waals surface area contributed by atoms with E-state index in [0.29, 0.717) is 16.9 Å². The molecule has 2 N–H and O–H groups in total. The van der Waals surface area contributed by atoms with Crippen molar-refractivity contribution in [3.63, 3.8) is 0 Å². The quantitative estimate of drug-likeness (QED) is 0.671. The third-order valence-electron chi connectivity index (χ3n) is 2.57. The molecule has 19 heavy (non-hydrogen) atoms. The summed E-state index contributed by atoms with van der Waals surface area (Å²) in [4.78, 5) is 19.8. The number of amides is 1. The van der Waals surface area contributed by atoms with Crippen LogP contribution in [0.4, 0.5) is 5.82 Å². The van der Waals surface area contributed by atoms with Gasteiger partial charge in [0, 0.05) is 7.05 Å². The zero-order valence-corrected chi connectivity index (χ0v) is 9.99. The number of hydrogen-bond acceptors (Lipinski definition) is 6. The summed E-state index contributed by atoms with van der Waals surface area (Å²) >= 11 is 0. The molecule has 3 aromatic heterocycles. The second kappa shape index (κ2) is 4.41. The SMILES string of the molecule is Cn1ncc2c(NNC(=O)c3ccco3)ncnc21. The number of carbonyl (C=O) groups is 1. The number of furan rings is 1. The summed E-state index contributed by atoms with van der Waals surface area (Å²) in [6.45, 7) is 0. The molecule has 0 aliphatic carbocycles. The number of aryl methyl sites for hydroxylation is 1. The van der Waals surface area contributed by atoms with Gasteiger partial charge in [-0.3, -0.25) is 20.3 Å². The van der Waals surface area contributed by atoms with Crippen molar-refractivity contribution in [2.24, 2.45) is 7.05 Å². The maximum Gasteiger partial charge on any atom is 0.305 e. The zero-order chi connectivity index (χ0) is 13.2. The Bertz CT molecular complexity index is 718. The van der Waals surface area contributed by atoms with E-state index < -0.39 is 0 Å². The Morgan fingerprint density at radius 1 is 1.42 bits per heavy atom. The summed E-state index contributed by atoms with van der Waals surface area (Å²) in [6.07, 6.45) is 4.45. The minimum atomic E-state index is -0.388. The Kier molecular flexibility index (Phi) is 2.60. The van der Waals surface area contributed by atoms with Crippen molar-refractivity contribution >= 4 is 22.8 Å². The Morgan fingerprint density at radius 3 is 3.11 bits per heavy atom. The standard InChI is InChI=1S/C11H10N6O2/c1-17-10-7(5-14-17)9(12-6-13-10)15-16-11(18)8-3-2-4-19-8/h2-6H,1H3,(H,16,18)(H,12,13,15). The molecular weight excluding hydrogens is 248 g/mol. The molecule has 0 bridgehead atoms. The number of aromatic nitrogens is 4. The smallest absolute Gasteiger partial charge is 0.305 e. The molecule has 0 aliphatic rings. The predicted octanol–water partition coefficient (Wildman–Crippen LogP) is 0.713. The van der Waals surface area contributed by atoms with Crippen LogP contribution < -0.4 is 10.9 Å². The number of carbonyl (C=O) groups excluding carboxylic acids is 1. The van der Waals surface area contributed by atoms with E-state index in [0.717, 1.165) is 0 Å². The molecule has 1 amide bonds. The molecule has 0 aromatic carbocycles. The van der Waals surface area contributed by atoms with Gasteiger partial charge in [0.05, 0.1) is 17.8 Å². The summed E-state index contributed by atoms with van der Waals surface area (Å²) in [5.74, 6) is 0.294. The van der Waals surface area contributed by atoms with E-state index >= 15 is 0 Å². The maximum atomic E-state index is 11.7. The molecule has 0 saturated heterocycles. The minimum Gasteiger partial charge on any atom is -0.459 e. The lowest BCUT2D eigenvalue weighted by molar-refractivity contribution is 0.0935. The van der Waals surface area contributed by atoms with E-state index in [9.17, 15) is 4.79 Å². The van der Waals surface area contributed by atoms with Crippen LogP contribution in [0.15, 0.2) is 35.3 Å². The van der Waals surface area contributed by atoms with Crippen LogP contribution in [-0.4, -0.2) is 25.7 Å². The lowest BCUT2D eigenvalue weighted by Gasteiger charge is -2.06. The summed E-state index contributed by atoms with van der Waals surface area (Å²) < 4.78 is 6.60. The van der Waals surface area contributed by atoms with E-state index in [1.165, 1.54) is 12.6 Å². The van der Waals surface area contributed by atoms with Gasteiger partial charge in [0.2, 0.25) is 0 Å². The van der Waals surface area contributed by atoms with Crippen LogP contribution in [0.2, 0.25) is 0 Å². The first-order valence-electron chi connectivity index (χ1n) is 5.48. The van der Waals surface area contributed by atoms with Gasteiger partial charge >= 0.3 is 5.91 Å². The fourth-order valence-electron chi connectivity index (χ4n) is 1.65. The molecule has 0 saturated carbocycles. The molecule has 96 valence electrons. The van der Waals surface area contributed by atoms with Crippen molar-refractivity contribution in [1.29, 1.82) is 0 Å². The molecule has 0 aliphatic heterocycles. The summed E-state index contributed by atoms with van der Waals surface area (Å²) in [5.41, 5.74) is 5.89. The van der Waals surface area contributed by atoms with Gasteiger partial charge < -0.3 is 4.42 Å². The Hall–Kier alpha value is -2.90. The molecule has 3 heterocycles. The molecular formula is C11H10N6O2. The van der Waals surface area contributed by atoms with Gasteiger partial charge in [-0.25, -0.2) is 9.97 Å². The number of fused-ring (bicyclic) bond motifs is 1. The second-order valence-corrected chi connectivity index (χ2v) is 3.78. The highest BCUT2D eigenvalue weighted by Crippen LogP contribution is 2.16. The van der Waals surface area contributed by atoms with Crippen molar-refractivity contribution in [2.45, 2.75) is 0 Å². The molecule has 0 unspecified atom stereocenters. The monoisotopic (exact) mass is 258 g/mol. The van der Waals surface area contributed by atoms with Gasteiger partial charge in [-0.2, -0.15) is 5.10 Å². The van der Waals surface area contributed by atoms with Crippen molar-refractivity contribution in [3.05, 3.63) is 36.7 Å². The topological polar surface area (TPSA) is 97.9 Å². The molecule has 3 aromatic rings. The molecule has 0 atom stereocenters. The fourth-order valence-corrected chi connectivity index (χ4v) is 1.65. The van der Waals surface area contributed by atoms with Crippen molar-refractivity contribution < 1.29 is 9.21 Å². The van der Waals surface area contributed by atoms with E-state index in [4.69, 9.17) is 4.42 Å². The maximum absolute atomic E-state index is 11.7. The highest BCUT2D eigenvalue weighted by molar-refractivity contribution is 5.93. The largest absolute Gasteiger partial charge is 0.459 e. The number of anilines is 1. The van der Waals surface area contributed by atoms with Crippen molar-refractivity contribution in [2.75, 3.05) is 5.43 Å². The number of nitrogens with zero attached hydrogens (tertiary/aromatic N) is 4. The normalized spacial score (nSPS) is 10.6. The van der Waals surface area contributed by atoms with Gasteiger partial charge in [0.15, 0.2) is 17.2 Å². The van der Waals surface area contributed by atoms with E-state index in [1.54, 1.807) is 30.1 Å². The van der Waals surface area contributed by atoms with Crippen LogP contribution in [0.3, 0.4) is 0 Å². The molecule has 3 rings (SSSR count). The average molecular weight is 258 g/mol. The summed E-state index contributed by atoms with van der Waals surface area (Å²) in [7, 11) is 1.78. The highest BCUT2D eigenvalue weighted by Gasteiger charge is 2.10. The van der Waals surface area contributed by atoms with E-state index in [-0.39, 0.29) is 11.7 Å². The molecule has 8 nitrogen and oxygen atoms in total. The third kappa shape index (κ3) is 1.99. The number of rotatable bonds is 3. The number of hydrogen-bond donors (Lipinski definition) is 2. The Labute approximate surface area is 107 Å². The molecule has 0 spiro atoms. The number of nitrogens with one attached hydrogen (secondary N) is 2. The first-order chi connectivity index (χ1) is 9.25. The average Bonchev–Trinajstić information content (AvgIpc) is 3.07. The van der Waals surface area contributed by atoms with Crippen LogP contribution in [-0.2, 0) is 7.05 Å². The predicted molar refractivity (Wildman–Crippen MR) is 66.1 cm³/mol. The zero-order valence-electron chi connectivity index (χ0n) is 9.99. The van der Waals surface area contributed by atoms with Crippen LogP contribution in [0.5, 0.6) is 0 Å². The first kappa shape index (κ1) is 11.2. The van der Waals surface area contributed by atoms with Gasteiger partial charge in [-0.15, -0.1) is 0 Å². The second-order valence-electron chi connectivity index (χ2n) is 3.78. The van der Waals surface area contributed by atoms with E-state index in [2.05, 4.69) is 25.9 Å². The molecule has 0 fully saturated rings. The van der Waals surface area contributed by atoms with Gasteiger partial charge in [0.1, 0.15) is 6.33 Å². The van der Waals surface area contributed by atoms with Crippen LogP contribution in [0.25, 0.3) is 11.0 Å². The summed E-state index contributed by atoms with van der Waals surface area (Å²) in [6, 6.07) is 3.20. The van der Waals surface area contributed by atoms with Gasteiger partial charge in [-0.1, -0.05) is 0 Å². The highest BCUT2D eigenvalue weighted by atomic mass is 16.3. The van der Waals surface area contributed by atoms with Crippen LogP contribution in [0, 0.1) is 0 Å². The molecule has 8 heteroatoms. The fraction of sp³-hybridized carbons (Fsp3) is 0.0909. The minimum absolute atomic E-state index is 0.212. The Balaban J connectivity index is 1.81. The first-order valence-corrected chi connectivity index (χ1v) is 5.48. The third-order valence-corrected chi connectivity index (χ3v) is 2.57. The Morgan fingerprint density at radius 2 is 2.32 bits per heavy atom. The summed E-state index contributed by atoms with van der Waals surface area (Å²) in [5, 5.41) is 4.79. The molecule has 0 radical (unpaired) electrons. The lowest BCUT2D eigenvalue weighted by Crippen LogP contribution is -2.29. The lowest BCUT2D eigenvalue weighted by atomic mass is 10.4. The van der Waals surface area contributed by atoms with Gasteiger partial charge in [0.25, 0.3) is 0 Å². The van der Waals surface area contributed by atoms with Gasteiger partial charge in [-0.05, 0) is 12.1 Å². The van der Waals surface area contributed by atoms with Crippen molar-refractivity contribution in [1.82, 2.24) is 25.2 Å².